The first-order chi connectivity index (χ1) is 26.8. The van der Waals surface area contributed by atoms with Gasteiger partial charge in [0.05, 0.1) is 33.2 Å². The van der Waals surface area contributed by atoms with Crippen molar-refractivity contribution in [1.82, 2.24) is 44.8 Å². The van der Waals surface area contributed by atoms with Gasteiger partial charge in [0, 0.05) is 25.9 Å². The van der Waals surface area contributed by atoms with E-state index in [1.807, 2.05) is 79.5 Å². The van der Waals surface area contributed by atoms with Crippen LogP contribution in [0.4, 0.5) is 16.4 Å². The molecule has 0 radical (unpaired) electrons. The first-order valence-electron chi connectivity index (χ1n) is 18.5. The van der Waals surface area contributed by atoms with Gasteiger partial charge in [0.15, 0.2) is 11.3 Å². The van der Waals surface area contributed by atoms with Crippen LogP contribution in [0.2, 0.25) is 0 Å². The molecule has 14 nitrogen and oxygen atoms in total. The van der Waals surface area contributed by atoms with Crippen LogP contribution in [0.5, 0.6) is 0 Å². The predicted octanol–water partition coefficient (Wildman–Crippen LogP) is 6.61. The third kappa shape index (κ3) is 9.70. The van der Waals surface area contributed by atoms with Crippen LogP contribution in [0.1, 0.15) is 74.3 Å². The van der Waals surface area contributed by atoms with Crippen LogP contribution in [-0.2, 0) is 35.3 Å². The molecule has 0 saturated heterocycles. The first-order valence-corrected chi connectivity index (χ1v) is 18.5. The first kappa shape index (κ1) is 41.7. The summed E-state index contributed by atoms with van der Waals surface area (Å²) in [5.41, 5.74) is 26.0. The van der Waals surface area contributed by atoms with Gasteiger partial charge < -0.3 is 27.3 Å². The van der Waals surface area contributed by atoms with Gasteiger partial charge in [-0.2, -0.15) is 10.2 Å². The number of nitrogens with two attached hydrogens (primary N) is 3. The number of nitrogens with one attached hydrogen (secondary N) is 1. The molecule has 7 aromatic rings. The molecule has 3 aromatic carbocycles. The number of aromatic nitrogens is 8. The van der Waals surface area contributed by atoms with E-state index in [4.69, 9.17) is 32.1 Å². The predicted molar refractivity (Wildman–Crippen MR) is 226 cm³/mol. The largest absolute Gasteiger partial charge is 0.445 e. The SMILES string of the molecule is C.Cc1cccc(Cc2nn(C(C)(C)CN)c3ncnc(N)c23)c1.Cc1cccc(Cc2nn(C(C)(C)CNC(=O)OCc3ccccc3)c3ncnc(N)c23)c1. The molecule has 14 heteroatoms. The molecule has 0 aliphatic carbocycles. The van der Waals surface area contributed by atoms with E-state index >= 15 is 0 Å². The summed E-state index contributed by atoms with van der Waals surface area (Å²) < 4.78 is 9.01. The van der Waals surface area contributed by atoms with Crippen molar-refractivity contribution in [3.05, 3.63) is 131 Å². The van der Waals surface area contributed by atoms with E-state index < -0.39 is 11.6 Å². The molecular weight excluding hydrogens is 717 g/mol. The molecule has 1 amide bonds. The number of aryl methyl sites for hydroxylation is 2. The lowest BCUT2D eigenvalue weighted by Crippen LogP contribution is -2.41. The topological polar surface area (TPSA) is 204 Å². The lowest BCUT2D eigenvalue weighted by atomic mass is 10.1. The van der Waals surface area contributed by atoms with Gasteiger partial charge in [-0.05, 0) is 58.2 Å². The Labute approximate surface area is 333 Å². The summed E-state index contributed by atoms with van der Waals surface area (Å²) >= 11 is 0. The normalized spacial score (nSPS) is 11.5. The number of amides is 1. The molecule has 0 atom stereocenters. The fraction of sp³-hybridized carbons (Fsp3) is 0.326. The number of nitrogen functional groups attached to an aromatic ring is 2. The van der Waals surface area contributed by atoms with Crippen LogP contribution in [-0.4, -0.2) is 58.7 Å². The number of benzene rings is 3. The monoisotopic (exact) mass is 770 g/mol. The Morgan fingerprint density at radius 2 is 1.16 bits per heavy atom. The summed E-state index contributed by atoms with van der Waals surface area (Å²) in [7, 11) is 0. The molecule has 0 spiro atoms. The zero-order valence-corrected chi connectivity index (χ0v) is 32.8. The minimum Gasteiger partial charge on any atom is -0.445 e. The van der Waals surface area contributed by atoms with Gasteiger partial charge in [0.1, 0.15) is 30.9 Å². The quantitative estimate of drug-likeness (QED) is 0.110. The molecule has 4 heterocycles. The zero-order valence-electron chi connectivity index (χ0n) is 32.8. The summed E-state index contributed by atoms with van der Waals surface area (Å²) in [6.07, 6.45) is 3.70. The van der Waals surface area contributed by atoms with Crippen molar-refractivity contribution in [2.24, 2.45) is 5.73 Å². The molecule has 298 valence electrons. The number of ether oxygens (including phenoxy) is 1. The van der Waals surface area contributed by atoms with E-state index in [0.717, 1.165) is 38.9 Å². The highest BCUT2D eigenvalue weighted by atomic mass is 16.5. The van der Waals surface area contributed by atoms with Crippen LogP contribution >= 0.6 is 0 Å². The third-order valence-electron chi connectivity index (χ3n) is 9.57. The summed E-state index contributed by atoms with van der Waals surface area (Å²) in [5.74, 6) is 0.844. The number of alkyl carbamates (subject to hydrolysis) is 1. The molecule has 0 bridgehead atoms. The maximum absolute atomic E-state index is 12.3. The highest BCUT2D eigenvalue weighted by molar-refractivity contribution is 5.89. The van der Waals surface area contributed by atoms with Crippen LogP contribution in [0, 0.1) is 13.8 Å². The van der Waals surface area contributed by atoms with E-state index in [9.17, 15) is 4.79 Å². The minimum atomic E-state index is -0.588. The van der Waals surface area contributed by atoms with Crippen molar-refractivity contribution < 1.29 is 9.53 Å². The average Bonchev–Trinajstić information content (AvgIpc) is 3.75. The van der Waals surface area contributed by atoms with E-state index in [-0.39, 0.29) is 19.6 Å². The van der Waals surface area contributed by atoms with Crippen molar-refractivity contribution in [2.45, 2.75) is 79.5 Å². The second-order valence-corrected chi connectivity index (χ2v) is 15.2. The molecule has 0 aliphatic rings. The Morgan fingerprint density at radius 3 is 1.63 bits per heavy atom. The van der Waals surface area contributed by atoms with E-state index in [0.29, 0.717) is 43.2 Å². The highest BCUT2D eigenvalue weighted by Gasteiger charge is 2.29. The van der Waals surface area contributed by atoms with Gasteiger partial charge in [-0.3, -0.25) is 0 Å². The fourth-order valence-electron chi connectivity index (χ4n) is 6.44. The number of hydrogen-bond donors (Lipinski definition) is 4. The van der Waals surface area contributed by atoms with Gasteiger partial charge >= 0.3 is 6.09 Å². The molecule has 7 N–H and O–H groups in total. The number of carbonyl (C=O) groups excluding carboxylic acids is 1. The number of fused-ring (bicyclic) bond motifs is 2. The van der Waals surface area contributed by atoms with Crippen molar-refractivity contribution in [2.75, 3.05) is 24.6 Å². The summed E-state index contributed by atoms with van der Waals surface area (Å²) in [4.78, 5) is 29.4. The molecule has 7 rings (SSSR count). The van der Waals surface area contributed by atoms with Crippen LogP contribution in [0.25, 0.3) is 22.1 Å². The lowest BCUT2D eigenvalue weighted by molar-refractivity contribution is 0.135. The Bertz CT molecular complexity index is 2450. The van der Waals surface area contributed by atoms with Gasteiger partial charge in [-0.15, -0.1) is 0 Å². The second kappa shape index (κ2) is 17.6. The van der Waals surface area contributed by atoms with Crippen LogP contribution in [0.15, 0.2) is 91.5 Å². The van der Waals surface area contributed by atoms with Crippen molar-refractivity contribution in [1.29, 1.82) is 0 Å². The molecule has 0 saturated carbocycles. The smallest absolute Gasteiger partial charge is 0.407 e. The molecular formula is C43H54N12O2. The molecule has 0 unspecified atom stereocenters. The maximum Gasteiger partial charge on any atom is 0.407 e. The van der Waals surface area contributed by atoms with Crippen molar-refractivity contribution in [3.8, 4) is 0 Å². The Balaban J connectivity index is 0.000000227. The van der Waals surface area contributed by atoms with Gasteiger partial charge in [0.2, 0.25) is 0 Å². The molecule has 0 fully saturated rings. The lowest BCUT2D eigenvalue weighted by Gasteiger charge is -2.26. The summed E-state index contributed by atoms with van der Waals surface area (Å²) in [6.45, 7) is 13.1. The maximum atomic E-state index is 12.3. The minimum absolute atomic E-state index is 0. The third-order valence-corrected chi connectivity index (χ3v) is 9.57. The van der Waals surface area contributed by atoms with Crippen LogP contribution in [0.3, 0.4) is 0 Å². The standard InChI is InChI=1S/C25H28N6O2.C17H22N6.CH4/c1-17-8-7-11-19(12-17)13-20-21-22(26)28-16-29-23(21)31(30-20)25(2,3)15-27-24(32)33-14-18-9-5-4-6-10-18;1-11-5-4-6-12(7-11)8-13-14-15(19)20-10-21-16(14)23(22-13)17(2,3)9-18;/h4-12,16H,13-15H2,1-3H3,(H,27,32)(H2,26,28,29);4-7,10H,8-9,18H2,1-3H3,(H2,19,20,21);1H4. The Morgan fingerprint density at radius 1 is 0.684 bits per heavy atom. The van der Waals surface area contributed by atoms with Gasteiger partial charge in [0.25, 0.3) is 0 Å². The van der Waals surface area contributed by atoms with Gasteiger partial charge in [-0.1, -0.05) is 97.4 Å². The van der Waals surface area contributed by atoms with E-state index in [2.05, 4.69) is 75.5 Å². The Kier molecular flexibility index (Phi) is 12.9. The van der Waals surface area contributed by atoms with Gasteiger partial charge in [-0.25, -0.2) is 34.1 Å². The number of nitrogens with zero attached hydrogens (tertiary/aromatic N) is 8. The fourth-order valence-corrected chi connectivity index (χ4v) is 6.44. The van der Waals surface area contributed by atoms with E-state index in [1.54, 1.807) is 0 Å². The van der Waals surface area contributed by atoms with Crippen LogP contribution < -0.4 is 22.5 Å². The summed E-state index contributed by atoms with van der Waals surface area (Å²) in [5, 5.41) is 14.0. The molecule has 57 heavy (non-hydrogen) atoms. The molecule has 0 aliphatic heterocycles. The molecule has 4 aromatic heterocycles. The zero-order chi connectivity index (χ0) is 40.0. The van der Waals surface area contributed by atoms with E-state index in [1.165, 1.54) is 29.3 Å². The van der Waals surface area contributed by atoms with Crippen molar-refractivity contribution in [3.63, 3.8) is 0 Å². The second-order valence-electron chi connectivity index (χ2n) is 15.2. The average molecular weight is 771 g/mol. The number of carbonyl (C=O) groups is 1. The Hall–Kier alpha value is -6.41. The number of hydrogen-bond acceptors (Lipinski definition) is 11. The highest BCUT2D eigenvalue weighted by Crippen LogP contribution is 2.29. The van der Waals surface area contributed by atoms with Crippen molar-refractivity contribution >= 4 is 39.8 Å². The number of rotatable bonds is 11. The summed E-state index contributed by atoms with van der Waals surface area (Å²) in [6, 6.07) is 26.2. The number of anilines is 2.